The predicted octanol–water partition coefficient (Wildman–Crippen LogP) is 3.74. The SMILES string of the molecule is Cc1cccc(C(=O)NNC(=S)NC(=O)c2cc(Br)ccc2OCC(C)C)c1. The molecule has 0 aromatic heterocycles. The Morgan fingerprint density at radius 3 is 2.54 bits per heavy atom. The van der Waals surface area contributed by atoms with Gasteiger partial charge in [0.25, 0.3) is 11.8 Å². The summed E-state index contributed by atoms with van der Waals surface area (Å²) < 4.78 is 6.45. The zero-order valence-electron chi connectivity index (χ0n) is 15.8. The second-order valence-corrected chi connectivity index (χ2v) is 7.90. The molecule has 0 spiro atoms. The summed E-state index contributed by atoms with van der Waals surface area (Å²) in [6.45, 7) is 6.42. The van der Waals surface area contributed by atoms with E-state index >= 15 is 0 Å². The van der Waals surface area contributed by atoms with Gasteiger partial charge in [0.2, 0.25) is 0 Å². The average Bonchev–Trinajstić information content (AvgIpc) is 2.64. The van der Waals surface area contributed by atoms with Crippen molar-refractivity contribution in [2.75, 3.05) is 6.61 Å². The molecule has 0 heterocycles. The Balaban J connectivity index is 1.97. The molecular formula is C20H22BrN3O3S. The van der Waals surface area contributed by atoms with E-state index in [1.54, 1.807) is 36.4 Å². The molecule has 0 saturated heterocycles. The van der Waals surface area contributed by atoms with Gasteiger partial charge in [0.05, 0.1) is 12.2 Å². The van der Waals surface area contributed by atoms with Crippen LogP contribution in [0.4, 0.5) is 0 Å². The fourth-order valence-corrected chi connectivity index (χ4v) is 2.74. The Hall–Kier alpha value is -2.45. The zero-order chi connectivity index (χ0) is 20.7. The van der Waals surface area contributed by atoms with Crippen molar-refractivity contribution in [1.29, 1.82) is 0 Å². The monoisotopic (exact) mass is 463 g/mol. The van der Waals surface area contributed by atoms with E-state index in [2.05, 4.69) is 32.1 Å². The summed E-state index contributed by atoms with van der Waals surface area (Å²) in [5.74, 6) is -0.0220. The van der Waals surface area contributed by atoms with Crippen LogP contribution in [0.3, 0.4) is 0 Å². The van der Waals surface area contributed by atoms with Gasteiger partial charge in [-0.25, -0.2) is 0 Å². The van der Waals surface area contributed by atoms with Crippen molar-refractivity contribution >= 4 is 45.1 Å². The molecule has 2 rings (SSSR count). The maximum Gasteiger partial charge on any atom is 0.269 e. The molecule has 8 heteroatoms. The van der Waals surface area contributed by atoms with Crippen LogP contribution >= 0.6 is 28.1 Å². The topological polar surface area (TPSA) is 79.5 Å². The number of halogens is 1. The Kier molecular flexibility index (Phi) is 7.95. The minimum absolute atomic E-state index is 0.0270. The van der Waals surface area contributed by atoms with E-state index < -0.39 is 5.91 Å². The van der Waals surface area contributed by atoms with E-state index in [0.29, 0.717) is 29.4 Å². The fraction of sp³-hybridized carbons (Fsp3) is 0.250. The molecule has 0 atom stereocenters. The largest absolute Gasteiger partial charge is 0.492 e. The first-order valence-corrected chi connectivity index (χ1v) is 9.87. The van der Waals surface area contributed by atoms with Crippen LogP contribution in [-0.4, -0.2) is 23.5 Å². The highest BCUT2D eigenvalue weighted by atomic mass is 79.9. The van der Waals surface area contributed by atoms with E-state index in [9.17, 15) is 9.59 Å². The minimum atomic E-state index is -0.442. The molecule has 3 N–H and O–H groups in total. The van der Waals surface area contributed by atoms with Crippen LogP contribution in [0.2, 0.25) is 0 Å². The first-order chi connectivity index (χ1) is 13.3. The Morgan fingerprint density at radius 1 is 1.11 bits per heavy atom. The zero-order valence-corrected chi connectivity index (χ0v) is 18.2. The molecule has 0 saturated carbocycles. The standard InChI is InChI=1S/C20H22BrN3O3S/c1-12(2)11-27-17-8-7-15(21)10-16(17)19(26)22-20(28)24-23-18(25)14-6-4-5-13(3)9-14/h4-10,12H,11H2,1-3H3,(H,23,25)(H2,22,24,26,28). The molecule has 0 aliphatic rings. The van der Waals surface area contributed by atoms with Gasteiger partial charge in [-0.1, -0.05) is 47.5 Å². The van der Waals surface area contributed by atoms with E-state index in [0.717, 1.165) is 10.0 Å². The van der Waals surface area contributed by atoms with Crippen LogP contribution in [0, 0.1) is 12.8 Å². The van der Waals surface area contributed by atoms with Crippen LogP contribution in [0.5, 0.6) is 5.75 Å². The van der Waals surface area contributed by atoms with Gasteiger partial charge in [0.1, 0.15) is 5.75 Å². The number of carbonyl (C=O) groups is 2. The Labute approximate surface area is 178 Å². The van der Waals surface area contributed by atoms with E-state index in [4.69, 9.17) is 17.0 Å². The Bertz CT molecular complexity index is 887. The van der Waals surface area contributed by atoms with Gasteiger partial charge >= 0.3 is 0 Å². The lowest BCUT2D eigenvalue weighted by Gasteiger charge is -2.15. The number of benzene rings is 2. The summed E-state index contributed by atoms with van der Waals surface area (Å²) in [7, 11) is 0. The van der Waals surface area contributed by atoms with Crippen molar-refractivity contribution in [3.05, 3.63) is 63.6 Å². The predicted molar refractivity (Wildman–Crippen MR) is 116 cm³/mol. The van der Waals surface area contributed by atoms with E-state index in [-0.39, 0.29) is 11.0 Å². The summed E-state index contributed by atoms with van der Waals surface area (Å²) >= 11 is 8.45. The van der Waals surface area contributed by atoms with Crippen molar-refractivity contribution in [2.45, 2.75) is 20.8 Å². The number of thiocarbonyl (C=S) groups is 1. The summed E-state index contributed by atoms with van der Waals surface area (Å²) in [5, 5.41) is 2.51. The highest BCUT2D eigenvalue weighted by molar-refractivity contribution is 9.10. The lowest BCUT2D eigenvalue weighted by atomic mass is 10.1. The van der Waals surface area contributed by atoms with Crippen LogP contribution < -0.4 is 20.9 Å². The summed E-state index contributed by atoms with van der Waals surface area (Å²) in [5.41, 5.74) is 6.78. The van der Waals surface area contributed by atoms with Crippen LogP contribution in [-0.2, 0) is 0 Å². The molecule has 0 radical (unpaired) electrons. The van der Waals surface area contributed by atoms with Crippen molar-refractivity contribution in [1.82, 2.24) is 16.2 Å². The van der Waals surface area contributed by atoms with Gasteiger partial charge in [-0.2, -0.15) is 0 Å². The third-order valence-corrected chi connectivity index (χ3v) is 4.25. The highest BCUT2D eigenvalue weighted by Gasteiger charge is 2.16. The van der Waals surface area contributed by atoms with Gasteiger partial charge in [0, 0.05) is 10.0 Å². The molecule has 28 heavy (non-hydrogen) atoms. The van der Waals surface area contributed by atoms with E-state index in [1.807, 2.05) is 26.8 Å². The molecule has 2 amide bonds. The van der Waals surface area contributed by atoms with Gasteiger partial charge in [-0.05, 0) is 55.4 Å². The van der Waals surface area contributed by atoms with Crippen LogP contribution in [0.1, 0.15) is 40.1 Å². The van der Waals surface area contributed by atoms with Crippen LogP contribution in [0.15, 0.2) is 46.9 Å². The summed E-state index contributed by atoms with van der Waals surface area (Å²) in [6.07, 6.45) is 0. The van der Waals surface area contributed by atoms with Gasteiger partial charge in [-0.15, -0.1) is 0 Å². The second kappa shape index (κ2) is 10.2. The molecule has 0 aliphatic heterocycles. The number of hydrazine groups is 1. The minimum Gasteiger partial charge on any atom is -0.492 e. The molecule has 0 aliphatic carbocycles. The maximum absolute atomic E-state index is 12.6. The number of amides is 2. The average molecular weight is 464 g/mol. The number of carbonyl (C=O) groups excluding carboxylic acids is 2. The molecule has 6 nitrogen and oxygen atoms in total. The van der Waals surface area contributed by atoms with Gasteiger partial charge in [0.15, 0.2) is 5.11 Å². The number of ether oxygens (including phenoxy) is 1. The van der Waals surface area contributed by atoms with Crippen molar-refractivity contribution in [3.8, 4) is 5.75 Å². The fourth-order valence-electron chi connectivity index (χ4n) is 2.24. The quantitative estimate of drug-likeness (QED) is 0.464. The third kappa shape index (κ3) is 6.61. The number of nitrogens with one attached hydrogen (secondary N) is 3. The van der Waals surface area contributed by atoms with Crippen molar-refractivity contribution < 1.29 is 14.3 Å². The first kappa shape index (κ1) is 21.8. The Morgan fingerprint density at radius 2 is 1.86 bits per heavy atom. The lowest BCUT2D eigenvalue weighted by molar-refractivity contribution is 0.0933. The third-order valence-electron chi connectivity index (χ3n) is 3.56. The molecule has 2 aromatic rings. The lowest BCUT2D eigenvalue weighted by Crippen LogP contribution is -2.48. The smallest absolute Gasteiger partial charge is 0.269 e. The summed E-state index contributed by atoms with van der Waals surface area (Å²) in [6, 6.07) is 12.3. The number of aryl methyl sites for hydroxylation is 1. The van der Waals surface area contributed by atoms with E-state index in [1.165, 1.54) is 0 Å². The van der Waals surface area contributed by atoms with Crippen molar-refractivity contribution in [3.63, 3.8) is 0 Å². The number of rotatable bonds is 5. The normalized spacial score (nSPS) is 10.3. The summed E-state index contributed by atoms with van der Waals surface area (Å²) in [4.78, 5) is 24.7. The molecular weight excluding hydrogens is 442 g/mol. The molecule has 148 valence electrons. The van der Waals surface area contributed by atoms with Crippen LogP contribution in [0.25, 0.3) is 0 Å². The molecule has 0 bridgehead atoms. The van der Waals surface area contributed by atoms with Crippen molar-refractivity contribution in [2.24, 2.45) is 5.92 Å². The molecule has 0 unspecified atom stereocenters. The highest BCUT2D eigenvalue weighted by Crippen LogP contribution is 2.23. The second-order valence-electron chi connectivity index (χ2n) is 6.58. The maximum atomic E-state index is 12.6. The number of hydrogen-bond acceptors (Lipinski definition) is 4. The number of hydrogen-bond donors (Lipinski definition) is 3. The van der Waals surface area contributed by atoms with Gasteiger partial charge < -0.3 is 4.74 Å². The first-order valence-electron chi connectivity index (χ1n) is 8.67. The molecule has 2 aromatic carbocycles. The van der Waals surface area contributed by atoms with Gasteiger partial charge in [-0.3, -0.25) is 25.8 Å². The molecule has 0 fully saturated rings.